The number of hydrogen-bond donors (Lipinski definition) is 1. The van der Waals surface area contributed by atoms with E-state index in [0.717, 1.165) is 12.3 Å². The van der Waals surface area contributed by atoms with Gasteiger partial charge in [0.2, 0.25) is 0 Å². The monoisotopic (exact) mass is 278 g/mol. The van der Waals surface area contributed by atoms with E-state index in [1.54, 1.807) is 0 Å². The van der Waals surface area contributed by atoms with Crippen LogP contribution in [0.15, 0.2) is 18.2 Å². The Morgan fingerprint density at radius 2 is 1.85 bits per heavy atom. The van der Waals surface area contributed by atoms with Crippen LogP contribution >= 0.6 is 0 Å². The van der Waals surface area contributed by atoms with E-state index < -0.39 is 0 Å². The Hall–Kier alpha value is -1.38. The van der Waals surface area contributed by atoms with E-state index in [0.29, 0.717) is 11.7 Å². The molecular formula is C17H30N2O. The van der Waals surface area contributed by atoms with Crippen molar-refractivity contribution in [3.05, 3.63) is 18.2 Å². The van der Waals surface area contributed by atoms with Gasteiger partial charge >= 0.3 is 0 Å². The molecule has 1 aromatic rings. The first-order valence-corrected chi connectivity index (χ1v) is 7.78. The van der Waals surface area contributed by atoms with Crippen LogP contribution in [-0.2, 0) is 0 Å². The summed E-state index contributed by atoms with van der Waals surface area (Å²) in [7, 11) is 0. The molecule has 3 heteroatoms. The maximum Gasteiger partial charge on any atom is 0.144 e. The number of unbranched alkanes of at least 4 members (excludes halogenated alkanes) is 2. The number of nitrogens with two attached hydrogens (primary N) is 1. The lowest BCUT2D eigenvalue weighted by molar-refractivity contribution is 0.244. The third kappa shape index (κ3) is 4.95. The molecule has 2 N–H and O–H groups in total. The fourth-order valence-corrected chi connectivity index (χ4v) is 2.28. The van der Waals surface area contributed by atoms with Crippen molar-refractivity contribution in [1.82, 2.24) is 0 Å². The summed E-state index contributed by atoms with van der Waals surface area (Å²) < 4.78 is 5.79. The maximum atomic E-state index is 5.99. The van der Waals surface area contributed by atoms with Crippen molar-refractivity contribution in [2.75, 3.05) is 17.2 Å². The van der Waals surface area contributed by atoms with Crippen LogP contribution in [0.4, 0.5) is 11.4 Å². The van der Waals surface area contributed by atoms with Crippen LogP contribution in [0.1, 0.15) is 53.9 Å². The number of hydrogen-bond acceptors (Lipinski definition) is 3. The number of ether oxygens (including phenoxy) is 1. The zero-order valence-corrected chi connectivity index (χ0v) is 13.6. The lowest BCUT2D eigenvalue weighted by atomic mass is 10.1. The van der Waals surface area contributed by atoms with Crippen molar-refractivity contribution in [3.63, 3.8) is 0 Å². The van der Waals surface area contributed by atoms with Gasteiger partial charge < -0.3 is 15.4 Å². The van der Waals surface area contributed by atoms with Crippen molar-refractivity contribution in [3.8, 4) is 5.75 Å². The van der Waals surface area contributed by atoms with Crippen LogP contribution in [0.3, 0.4) is 0 Å². The summed E-state index contributed by atoms with van der Waals surface area (Å²) in [5.74, 6) is 0.790. The smallest absolute Gasteiger partial charge is 0.144 e. The van der Waals surface area contributed by atoms with Gasteiger partial charge in [0.25, 0.3) is 0 Å². The Kier molecular flexibility index (Phi) is 6.69. The topological polar surface area (TPSA) is 38.5 Å². The van der Waals surface area contributed by atoms with E-state index in [4.69, 9.17) is 10.5 Å². The molecule has 1 rings (SSSR count). The molecule has 0 fully saturated rings. The number of nitrogens with zero attached hydrogens (tertiary/aromatic N) is 1. The molecule has 0 saturated carbocycles. The van der Waals surface area contributed by atoms with Crippen molar-refractivity contribution in [1.29, 1.82) is 0 Å². The molecule has 1 aromatic carbocycles. The second kappa shape index (κ2) is 8.03. The van der Waals surface area contributed by atoms with E-state index in [1.165, 1.54) is 24.9 Å². The van der Waals surface area contributed by atoms with E-state index in [2.05, 4.69) is 37.8 Å². The largest absolute Gasteiger partial charge is 0.489 e. The predicted molar refractivity (Wildman–Crippen MR) is 88.6 cm³/mol. The molecule has 0 radical (unpaired) electrons. The molecule has 0 aliphatic heterocycles. The van der Waals surface area contributed by atoms with Crippen LogP contribution in [0.5, 0.6) is 5.75 Å². The molecule has 114 valence electrons. The Morgan fingerprint density at radius 3 is 2.40 bits per heavy atom. The number of rotatable bonds is 8. The molecule has 0 aliphatic carbocycles. The maximum absolute atomic E-state index is 5.99. The summed E-state index contributed by atoms with van der Waals surface area (Å²) in [5, 5.41) is 0. The van der Waals surface area contributed by atoms with Gasteiger partial charge in [-0.1, -0.05) is 19.8 Å². The molecular weight excluding hydrogens is 248 g/mol. The first-order chi connectivity index (χ1) is 9.45. The lowest BCUT2D eigenvalue weighted by Crippen LogP contribution is -2.31. The van der Waals surface area contributed by atoms with Gasteiger partial charge in [-0.2, -0.15) is 0 Å². The highest BCUT2D eigenvalue weighted by atomic mass is 16.5. The first-order valence-electron chi connectivity index (χ1n) is 7.78. The highest BCUT2D eigenvalue weighted by Gasteiger charge is 2.13. The van der Waals surface area contributed by atoms with Crippen LogP contribution < -0.4 is 15.4 Å². The highest BCUT2D eigenvalue weighted by Crippen LogP contribution is 2.29. The van der Waals surface area contributed by atoms with E-state index in [9.17, 15) is 0 Å². The van der Waals surface area contributed by atoms with E-state index in [1.807, 2.05) is 19.9 Å². The van der Waals surface area contributed by atoms with Crippen molar-refractivity contribution < 1.29 is 4.74 Å². The van der Waals surface area contributed by atoms with Crippen LogP contribution in [0, 0.1) is 0 Å². The van der Waals surface area contributed by atoms with Gasteiger partial charge in [0.1, 0.15) is 5.75 Å². The first kappa shape index (κ1) is 16.7. The predicted octanol–water partition coefficient (Wildman–Crippen LogP) is 4.46. The standard InChI is InChI=1S/C17H30N2O/c1-6-7-8-11-19(13(2)3)15-9-10-16(18)17(12-15)20-14(4)5/h9-10,12-14H,6-8,11,18H2,1-5H3. The number of benzene rings is 1. The summed E-state index contributed by atoms with van der Waals surface area (Å²) in [6.07, 6.45) is 3.88. The van der Waals surface area contributed by atoms with Gasteiger partial charge in [-0.25, -0.2) is 0 Å². The fourth-order valence-electron chi connectivity index (χ4n) is 2.28. The lowest BCUT2D eigenvalue weighted by Gasteiger charge is -2.30. The quantitative estimate of drug-likeness (QED) is 0.563. The third-order valence-corrected chi connectivity index (χ3v) is 3.32. The van der Waals surface area contributed by atoms with Crippen LogP contribution in [-0.4, -0.2) is 18.7 Å². The number of anilines is 2. The zero-order valence-electron chi connectivity index (χ0n) is 13.6. The van der Waals surface area contributed by atoms with Crippen molar-refractivity contribution in [2.45, 2.75) is 66.0 Å². The van der Waals surface area contributed by atoms with E-state index in [-0.39, 0.29) is 6.10 Å². The summed E-state index contributed by atoms with van der Waals surface area (Å²) in [6, 6.07) is 6.58. The number of nitrogen functional groups attached to an aromatic ring is 1. The molecule has 3 nitrogen and oxygen atoms in total. The second-order valence-corrected chi connectivity index (χ2v) is 5.88. The molecule has 0 saturated heterocycles. The van der Waals surface area contributed by atoms with Gasteiger partial charge in [0.05, 0.1) is 11.8 Å². The summed E-state index contributed by atoms with van der Waals surface area (Å²) in [4.78, 5) is 2.42. The molecule has 0 spiro atoms. The molecule has 20 heavy (non-hydrogen) atoms. The minimum Gasteiger partial charge on any atom is -0.489 e. The van der Waals surface area contributed by atoms with E-state index >= 15 is 0 Å². The third-order valence-electron chi connectivity index (χ3n) is 3.32. The Bertz CT molecular complexity index is 402. The Morgan fingerprint density at radius 1 is 1.15 bits per heavy atom. The van der Waals surface area contributed by atoms with Gasteiger partial charge in [-0.3, -0.25) is 0 Å². The fraction of sp³-hybridized carbons (Fsp3) is 0.647. The van der Waals surface area contributed by atoms with Crippen molar-refractivity contribution >= 4 is 11.4 Å². The molecule has 0 heterocycles. The van der Waals surface area contributed by atoms with Crippen LogP contribution in [0.2, 0.25) is 0 Å². The molecule has 0 unspecified atom stereocenters. The van der Waals surface area contributed by atoms with Gasteiger partial charge in [0.15, 0.2) is 0 Å². The second-order valence-electron chi connectivity index (χ2n) is 5.88. The zero-order chi connectivity index (χ0) is 15.1. The summed E-state index contributed by atoms with van der Waals surface area (Å²) in [5.41, 5.74) is 7.90. The molecule has 0 atom stereocenters. The summed E-state index contributed by atoms with van der Waals surface area (Å²) in [6.45, 7) is 11.8. The van der Waals surface area contributed by atoms with Crippen molar-refractivity contribution in [2.24, 2.45) is 0 Å². The SMILES string of the molecule is CCCCCN(c1ccc(N)c(OC(C)C)c1)C(C)C. The molecule has 0 aliphatic rings. The van der Waals surface area contributed by atoms with Gasteiger partial charge in [-0.15, -0.1) is 0 Å². The molecule has 0 bridgehead atoms. The highest BCUT2D eigenvalue weighted by molar-refractivity contribution is 5.62. The molecule has 0 aromatic heterocycles. The average molecular weight is 278 g/mol. The Labute approximate surface area is 124 Å². The van der Waals surface area contributed by atoms with Crippen LogP contribution in [0.25, 0.3) is 0 Å². The van der Waals surface area contributed by atoms with Gasteiger partial charge in [0, 0.05) is 24.3 Å². The minimum atomic E-state index is 0.139. The average Bonchev–Trinajstić information content (AvgIpc) is 2.37. The molecule has 0 amide bonds. The Balaban J connectivity index is 2.90. The van der Waals surface area contributed by atoms with Gasteiger partial charge in [-0.05, 0) is 46.2 Å². The summed E-state index contributed by atoms with van der Waals surface area (Å²) >= 11 is 0. The normalized spacial score (nSPS) is 11.2. The minimum absolute atomic E-state index is 0.139.